The summed E-state index contributed by atoms with van der Waals surface area (Å²) in [5.41, 5.74) is 1.21. The first-order valence-electron chi connectivity index (χ1n) is 5.95. The van der Waals surface area contributed by atoms with Crippen molar-refractivity contribution >= 4 is 0 Å². The van der Waals surface area contributed by atoms with Gasteiger partial charge in [0.05, 0.1) is 12.7 Å². The molecule has 0 unspecified atom stereocenters. The molecule has 1 fully saturated rings. The van der Waals surface area contributed by atoms with Gasteiger partial charge in [0.25, 0.3) is 0 Å². The molecule has 0 atom stereocenters. The van der Waals surface area contributed by atoms with E-state index in [1.54, 1.807) is 12.1 Å². The highest BCUT2D eigenvalue weighted by atomic mass is 16.5. The van der Waals surface area contributed by atoms with Gasteiger partial charge in [-0.1, -0.05) is 12.1 Å². The van der Waals surface area contributed by atoms with E-state index in [9.17, 15) is 0 Å². The molecule has 1 saturated heterocycles. The normalized spacial score (nSPS) is 17.5. The molecular weight excluding hydrogens is 202 g/mol. The number of aromatic hydroxyl groups is 1. The first-order valence-corrected chi connectivity index (χ1v) is 5.95. The van der Waals surface area contributed by atoms with Crippen LogP contribution >= 0.6 is 0 Å². The summed E-state index contributed by atoms with van der Waals surface area (Å²) in [4.78, 5) is 0. The van der Waals surface area contributed by atoms with Crippen LogP contribution in [0, 0.1) is 0 Å². The van der Waals surface area contributed by atoms with Gasteiger partial charge < -0.3 is 15.2 Å². The summed E-state index contributed by atoms with van der Waals surface area (Å²) in [6, 6.07) is 7.34. The molecular formula is C13H19NO2. The number of benzene rings is 1. The number of phenols is 1. The molecule has 1 heterocycles. The maximum atomic E-state index is 9.15. The fraction of sp³-hybridized carbons (Fsp3) is 0.538. The van der Waals surface area contributed by atoms with Gasteiger partial charge in [-0.25, -0.2) is 0 Å². The topological polar surface area (TPSA) is 41.5 Å². The minimum Gasteiger partial charge on any atom is -0.508 e. The van der Waals surface area contributed by atoms with Crippen LogP contribution in [0.4, 0.5) is 0 Å². The SMILES string of the molecule is Oc1ccc(CCOC2CCNCC2)cc1. The average Bonchev–Trinajstić information content (AvgIpc) is 2.33. The Balaban J connectivity index is 1.69. The van der Waals surface area contributed by atoms with Crippen molar-refractivity contribution in [2.45, 2.75) is 25.4 Å². The van der Waals surface area contributed by atoms with Gasteiger partial charge in [-0.2, -0.15) is 0 Å². The van der Waals surface area contributed by atoms with E-state index in [2.05, 4.69) is 5.32 Å². The average molecular weight is 221 g/mol. The monoisotopic (exact) mass is 221 g/mol. The van der Waals surface area contributed by atoms with Crippen LogP contribution in [0.15, 0.2) is 24.3 Å². The number of ether oxygens (including phenoxy) is 1. The van der Waals surface area contributed by atoms with E-state index in [-0.39, 0.29) is 0 Å². The van der Waals surface area contributed by atoms with Gasteiger partial charge in [0.2, 0.25) is 0 Å². The summed E-state index contributed by atoms with van der Waals surface area (Å²) in [5.74, 6) is 0.322. The lowest BCUT2D eigenvalue weighted by Crippen LogP contribution is -2.32. The molecule has 0 amide bonds. The first-order chi connectivity index (χ1) is 7.84. The zero-order valence-corrected chi connectivity index (χ0v) is 9.48. The minimum absolute atomic E-state index is 0.322. The van der Waals surface area contributed by atoms with Crippen LogP contribution in [0.2, 0.25) is 0 Å². The first kappa shape index (κ1) is 11.4. The highest BCUT2D eigenvalue weighted by Crippen LogP contribution is 2.11. The Labute approximate surface area is 96.4 Å². The van der Waals surface area contributed by atoms with E-state index < -0.39 is 0 Å². The molecule has 0 saturated carbocycles. The summed E-state index contributed by atoms with van der Waals surface area (Å²) in [6.07, 6.45) is 3.59. The molecule has 0 aliphatic carbocycles. The maximum absolute atomic E-state index is 9.15. The van der Waals surface area contributed by atoms with Crippen molar-refractivity contribution in [3.8, 4) is 5.75 Å². The molecule has 1 aromatic rings. The highest BCUT2D eigenvalue weighted by molar-refractivity contribution is 5.25. The Hall–Kier alpha value is -1.06. The Morgan fingerprint density at radius 2 is 1.88 bits per heavy atom. The summed E-state index contributed by atoms with van der Waals surface area (Å²) in [6.45, 7) is 2.92. The molecule has 2 N–H and O–H groups in total. The lowest BCUT2D eigenvalue weighted by molar-refractivity contribution is 0.0349. The van der Waals surface area contributed by atoms with Crippen molar-refractivity contribution in [1.29, 1.82) is 0 Å². The Kier molecular flexibility index (Phi) is 4.19. The maximum Gasteiger partial charge on any atom is 0.115 e. The molecule has 3 nitrogen and oxygen atoms in total. The fourth-order valence-electron chi connectivity index (χ4n) is 1.97. The van der Waals surface area contributed by atoms with Gasteiger partial charge in [0, 0.05) is 0 Å². The standard InChI is InChI=1S/C13H19NO2/c15-12-3-1-11(2-4-12)7-10-16-13-5-8-14-9-6-13/h1-4,13-15H,5-10H2. The molecule has 1 aliphatic rings. The fourth-order valence-corrected chi connectivity index (χ4v) is 1.97. The number of hydrogen-bond donors (Lipinski definition) is 2. The Bertz CT molecular complexity index is 304. The highest BCUT2D eigenvalue weighted by Gasteiger charge is 2.12. The third-order valence-corrected chi connectivity index (χ3v) is 2.97. The van der Waals surface area contributed by atoms with Gasteiger partial charge >= 0.3 is 0 Å². The lowest BCUT2D eigenvalue weighted by atomic mass is 10.1. The van der Waals surface area contributed by atoms with Gasteiger partial charge in [-0.05, 0) is 50.0 Å². The number of rotatable bonds is 4. The Morgan fingerprint density at radius 1 is 1.19 bits per heavy atom. The number of hydrogen-bond acceptors (Lipinski definition) is 3. The summed E-state index contributed by atoms with van der Waals surface area (Å²) >= 11 is 0. The van der Waals surface area contributed by atoms with Crippen molar-refractivity contribution in [3.05, 3.63) is 29.8 Å². The molecule has 1 aliphatic heterocycles. The van der Waals surface area contributed by atoms with Crippen LogP contribution in [0.5, 0.6) is 5.75 Å². The van der Waals surface area contributed by atoms with Crippen molar-refractivity contribution in [3.63, 3.8) is 0 Å². The van der Waals surface area contributed by atoms with Gasteiger partial charge in [0.15, 0.2) is 0 Å². The third kappa shape index (κ3) is 3.51. The van der Waals surface area contributed by atoms with Crippen molar-refractivity contribution in [2.24, 2.45) is 0 Å². The van der Waals surface area contributed by atoms with Gasteiger partial charge in [-0.3, -0.25) is 0 Å². The van der Waals surface area contributed by atoms with E-state index in [0.29, 0.717) is 11.9 Å². The van der Waals surface area contributed by atoms with Crippen LogP contribution in [0.1, 0.15) is 18.4 Å². The summed E-state index contributed by atoms with van der Waals surface area (Å²) in [7, 11) is 0. The van der Waals surface area contributed by atoms with Crippen molar-refractivity contribution in [2.75, 3.05) is 19.7 Å². The molecule has 0 spiro atoms. The van der Waals surface area contributed by atoms with Crippen LogP contribution in [0.25, 0.3) is 0 Å². The van der Waals surface area contributed by atoms with Crippen LogP contribution < -0.4 is 5.32 Å². The smallest absolute Gasteiger partial charge is 0.115 e. The van der Waals surface area contributed by atoms with Crippen LogP contribution in [-0.2, 0) is 11.2 Å². The number of piperidine rings is 1. The minimum atomic E-state index is 0.322. The number of nitrogens with one attached hydrogen (secondary N) is 1. The largest absolute Gasteiger partial charge is 0.508 e. The van der Waals surface area contributed by atoms with Crippen molar-refractivity contribution < 1.29 is 9.84 Å². The third-order valence-electron chi connectivity index (χ3n) is 2.97. The van der Waals surface area contributed by atoms with Gasteiger partial charge in [-0.15, -0.1) is 0 Å². The molecule has 16 heavy (non-hydrogen) atoms. The molecule has 3 heteroatoms. The van der Waals surface area contributed by atoms with E-state index in [1.165, 1.54) is 5.56 Å². The molecule has 88 valence electrons. The summed E-state index contributed by atoms with van der Waals surface area (Å²) in [5, 5.41) is 12.5. The quantitative estimate of drug-likeness (QED) is 0.813. The van der Waals surface area contributed by atoms with Crippen LogP contribution in [0.3, 0.4) is 0 Å². The second kappa shape index (κ2) is 5.87. The lowest BCUT2D eigenvalue weighted by Gasteiger charge is -2.22. The molecule has 2 rings (SSSR count). The predicted octanol–water partition coefficient (Wildman–Crippen LogP) is 1.70. The summed E-state index contributed by atoms with van der Waals surface area (Å²) < 4.78 is 5.81. The van der Waals surface area contributed by atoms with Crippen LogP contribution in [-0.4, -0.2) is 30.9 Å². The van der Waals surface area contributed by atoms with E-state index in [4.69, 9.17) is 9.84 Å². The zero-order valence-electron chi connectivity index (χ0n) is 9.48. The Morgan fingerprint density at radius 3 is 2.56 bits per heavy atom. The van der Waals surface area contributed by atoms with Crippen molar-refractivity contribution in [1.82, 2.24) is 5.32 Å². The van der Waals surface area contributed by atoms with E-state index >= 15 is 0 Å². The predicted molar refractivity (Wildman–Crippen MR) is 63.7 cm³/mol. The number of phenolic OH excluding ortho intramolecular Hbond substituents is 1. The molecule has 1 aromatic carbocycles. The van der Waals surface area contributed by atoms with Gasteiger partial charge in [0.1, 0.15) is 5.75 Å². The molecule has 0 bridgehead atoms. The van der Waals surface area contributed by atoms with E-state index in [1.807, 2.05) is 12.1 Å². The van der Waals surface area contributed by atoms with E-state index in [0.717, 1.165) is 39.0 Å². The molecule has 0 radical (unpaired) electrons. The second-order valence-electron chi connectivity index (χ2n) is 4.24. The molecule has 0 aromatic heterocycles. The zero-order chi connectivity index (χ0) is 11.2. The second-order valence-corrected chi connectivity index (χ2v) is 4.24.